The Morgan fingerprint density at radius 1 is 1.17 bits per heavy atom. The summed E-state index contributed by atoms with van der Waals surface area (Å²) in [7, 11) is -2.01. The van der Waals surface area contributed by atoms with Gasteiger partial charge in [0.1, 0.15) is 0 Å². The van der Waals surface area contributed by atoms with Crippen molar-refractivity contribution >= 4 is 58.8 Å². The van der Waals surface area contributed by atoms with Gasteiger partial charge in [0.25, 0.3) is 5.91 Å². The van der Waals surface area contributed by atoms with Crippen LogP contribution < -0.4 is 10.0 Å². The van der Waals surface area contributed by atoms with Gasteiger partial charge in [-0.15, -0.1) is 37.2 Å². The summed E-state index contributed by atoms with van der Waals surface area (Å²) in [5.74, 6) is -0.652. The maximum atomic E-state index is 11.3. The normalized spacial score (nSPS) is 9.22. The number of benzene rings is 1. The van der Waals surface area contributed by atoms with Gasteiger partial charge < -0.3 is 5.73 Å². The number of rotatable bonds is 3. The van der Waals surface area contributed by atoms with Crippen molar-refractivity contribution in [2.24, 2.45) is 5.73 Å². The topological polar surface area (TPSA) is 80.5 Å². The fourth-order valence-corrected chi connectivity index (χ4v) is 1.65. The van der Waals surface area contributed by atoms with Gasteiger partial charge in [0.05, 0.1) is 17.5 Å². The van der Waals surface area contributed by atoms with Crippen LogP contribution >= 0.6 is 37.2 Å². The molecule has 2 N–H and O–H groups in total. The molecule has 0 aliphatic carbocycles. The molecule has 0 heterocycles. The number of halogens is 3. The van der Waals surface area contributed by atoms with E-state index in [2.05, 4.69) is 0 Å². The largest absolute Gasteiger partial charge is 0.366 e. The molecular weight excluding hydrogens is 323 g/mol. The molecule has 0 spiro atoms. The van der Waals surface area contributed by atoms with Crippen molar-refractivity contribution in [1.29, 1.82) is 0 Å². The number of nitrogens with zero attached hydrogens (tertiary/aromatic N) is 1. The highest BCUT2D eigenvalue weighted by Crippen LogP contribution is 2.20. The highest BCUT2D eigenvalue weighted by Gasteiger charge is 2.17. The zero-order valence-electron chi connectivity index (χ0n) is 9.69. The molecule has 0 aliphatic rings. The van der Waals surface area contributed by atoms with Gasteiger partial charge in [0.2, 0.25) is 10.0 Å². The third-order valence-electron chi connectivity index (χ3n) is 2.01. The third kappa shape index (κ3) is 5.30. The number of amides is 1. The molecule has 0 bridgehead atoms. The van der Waals surface area contributed by atoms with Gasteiger partial charge >= 0.3 is 0 Å². The molecule has 106 valence electrons. The van der Waals surface area contributed by atoms with E-state index in [4.69, 9.17) is 5.73 Å². The predicted molar refractivity (Wildman–Crippen MR) is 80.0 cm³/mol. The maximum Gasteiger partial charge on any atom is 0.250 e. The van der Waals surface area contributed by atoms with E-state index in [0.717, 1.165) is 10.6 Å². The Balaban J connectivity index is -0.000000750. The molecule has 1 rings (SSSR count). The number of carbonyl (C=O) groups excluding carboxylic acids is 1. The van der Waals surface area contributed by atoms with Gasteiger partial charge in [-0.2, -0.15) is 0 Å². The Hall–Kier alpha value is -0.690. The van der Waals surface area contributed by atoms with Crippen LogP contribution in [0.1, 0.15) is 10.4 Å². The molecule has 18 heavy (non-hydrogen) atoms. The number of primary amides is 1. The minimum Gasteiger partial charge on any atom is -0.366 e. The van der Waals surface area contributed by atoms with E-state index >= 15 is 0 Å². The van der Waals surface area contributed by atoms with E-state index in [0.29, 0.717) is 0 Å². The third-order valence-corrected chi connectivity index (χ3v) is 3.20. The number of hydrogen-bond donors (Lipinski definition) is 1. The molecular formula is C9H15Cl3N2O3S. The molecule has 0 unspecified atom stereocenters. The fourth-order valence-electron chi connectivity index (χ4n) is 1.14. The lowest BCUT2D eigenvalue weighted by Crippen LogP contribution is -2.27. The molecule has 0 aromatic heterocycles. The summed E-state index contributed by atoms with van der Waals surface area (Å²) >= 11 is 0. The van der Waals surface area contributed by atoms with Crippen molar-refractivity contribution in [1.82, 2.24) is 0 Å². The van der Waals surface area contributed by atoms with Crippen LogP contribution in [-0.4, -0.2) is 27.6 Å². The van der Waals surface area contributed by atoms with Crippen LogP contribution in [0.15, 0.2) is 24.3 Å². The Kier molecular flexibility index (Phi) is 10.5. The molecule has 1 aromatic rings. The molecule has 0 fully saturated rings. The second kappa shape index (κ2) is 8.42. The van der Waals surface area contributed by atoms with Crippen LogP contribution in [0.3, 0.4) is 0 Å². The van der Waals surface area contributed by atoms with Crippen molar-refractivity contribution in [3.63, 3.8) is 0 Å². The molecule has 0 aliphatic heterocycles. The fraction of sp³-hybridized carbons (Fsp3) is 0.222. The highest BCUT2D eigenvalue weighted by atomic mass is 35.5. The van der Waals surface area contributed by atoms with Crippen molar-refractivity contribution in [3.05, 3.63) is 29.8 Å². The molecule has 0 saturated carbocycles. The lowest BCUT2D eigenvalue weighted by Gasteiger charge is -2.18. The zero-order valence-corrected chi connectivity index (χ0v) is 13.0. The molecule has 1 aromatic carbocycles. The Bertz CT molecular complexity index is 494. The van der Waals surface area contributed by atoms with Crippen LogP contribution in [0.5, 0.6) is 0 Å². The monoisotopic (exact) mass is 336 g/mol. The maximum absolute atomic E-state index is 11.3. The zero-order chi connectivity index (χ0) is 11.6. The number of sulfonamides is 1. The number of para-hydroxylation sites is 1. The van der Waals surface area contributed by atoms with E-state index < -0.39 is 15.9 Å². The van der Waals surface area contributed by atoms with Crippen LogP contribution in [0.4, 0.5) is 5.69 Å². The van der Waals surface area contributed by atoms with Gasteiger partial charge in [-0.3, -0.25) is 9.10 Å². The summed E-state index contributed by atoms with van der Waals surface area (Å²) in [6, 6.07) is 6.28. The second-order valence-electron chi connectivity index (χ2n) is 3.11. The first-order valence-corrected chi connectivity index (χ1v) is 6.01. The summed E-state index contributed by atoms with van der Waals surface area (Å²) in [5, 5.41) is 0. The van der Waals surface area contributed by atoms with Crippen LogP contribution in [0.25, 0.3) is 0 Å². The first kappa shape index (κ1) is 22.5. The van der Waals surface area contributed by atoms with E-state index in [-0.39, 0.29) is 48.5 Å². The van der Waals surface area contributed by atoms with E-state index in [1.165, 1.54) is 19.2 Å². The summed E-state index contributed by atoms with van der Waals surface area (Å²) in [5.41, 5.74) is 5.61. The Morgan fingerprint density at radius 3 is 2.00 bits per heavy atom. The first-order chi connectivity index (χ1) is 6.84. The van der Waals surface area contributed by atoms with Gasteiger partial charge in [-0.1, -0.05) is 12.1 Å². The smallest absolute Gasteiger partial charge is 0.250 e. The Morgan fingerprint density at radius 2 is 1.61 bits per heavy atom. The number of carbonyl (C=O) groups is 1. The summed E-state index contributed by atoms with van der Waals surface area (Å²) < 4.78 is 23.6. The van der Waals surface area contributed by atoms with E-state index in [1.807, 2.05) is 0 Å². The van der Waals surface area contributed by atoms with Crippen molar-refractivity contribution in [3.8, 4) is 0 Å². The molecule has 0 radical (unpaired) electrons. The van der Waals surface area contributed by atoms with Crippen molar-refractivity contribution < 1.29 is 13.2 Å². The quantitative estimate of drug-likeness (QED) is 0.906. The molecule has 5 nitrogen and oxygen atoms in total. The number of anilines is 1. The minimum atomic E-state index is -3.39. The number of nitrogens with two attached hydrogens (primary N) is 1. The summed E-state index contributed by atoms with van der Waals surface area (Å²) in [6.45, 7) is 0. The summed E-state index contributed by atoms with van der Waals surface area (Å²) in [6.07, 6.45) is 1.06. The van der Waals surface area contributed by atoms with E-state index in [1.54, 1.807) is 12.1 Å². The van der Waals surface area contributed by atoms with Gasteiger partial charge in [-0.25, -0.2) is 8.42 Å². The average molecular weight is 338 g/mol. The van der Waals surface area contributed by atoms with Crippen molar-refractivity contribution in [2.75, 3.05) is 17.6 Å². The molecule has 0 saturated heterocycles. The van der Waals surface area contributed by atoms with Gasteiger partial charge in [0, 0.05) is 7.05 Å². The van der Waals surface area contributed by atoms with Crippen LogP contribution in [0.2, 0.25) is 0 Å². The molecule has 0 atom stereocenters. The highest BCUT2D eigenvalue weighted by molar-refractivity contribution is 7.92. The standard InChI is InChI=1S/C9H12N2O3S.3ClH/c1-11(15(2,13)14)8-6-4-3-5-7(8)9(10)12;;;/h3-6H,1-2H3,(H2,10,12);3*1H. The predicted octanol–water partition coefficient (Wildman–Crippen LogP) is 1.45. The minimum absolute atomic E-state index is 0. The lowest BCUT2D eigenvalue weighted by atomic mass is 10.2. The average Bonchev–Trinajstić information content (AvgIpc) is 2.15. The van der Waals surface area contributed by atoms with Gasteiger partial charge in [-0.05, 0) is 12.1 Å². The molecule has 1 amide bonds. The van der Waals surface area contributed by atoms with Crippen LogP contribution in [-0.2, 0) is 10.0 Å². The lowest BCUT2D eigenvalue weighted by molar-refractivity contribution is 0.100. The van der Waals surface area contributed by atoms with E-state index in [9.17, 15) is 13.2 Å². The second-order valence-corrected chi connectivity index (χ2v) is 5.13. The first-order valence-electron chi connectivity index (χ1n) is 4.17. The van der Waals surface area contributed by atoms with Crippen molar-refractivity contribution in [2.45, 2.75) is 0 Å². The number of hydrogen-bond acceptors (Lipinski definition) is 3. The Labute approximate surface area is 125 Å². The summed E-state index contributed by atoms with van der Waals surface area (Å²) in [4.78, 5) is 11.1. The van der Waals surface area contributed by atoms with Crippen LogP contribution in [0, 0.1) is 0 Å². The van der Waals surface area contributed by atoms with Gasteiger partial charge in [0.15, 0.2) is 0 Å². The SMILES string of the molecule is CN(c1ccccc1C(N)=O)S(C)(=O)=O.Cl.Cl.Cl. The molecule has 9 heteroatoms.